The highest BCUT2D eigenvalue weighted by Crippen LogP contribution is 2.33. The van der Waals surface area contributed by atoms with E-state index in [-0.39, 0.29) is 12.1 Å². The summed E-state index contributed by atoms with van der Waals surface area (Å²) in [6, 6.07) is 2.48. The normalized spacial score (nSPS) is 26.4. The van der Waals surface area contributed by atoms with Crippen LogP contribution < -0.4 is 10.2 Å². The quantitative estimate of drug-likeness (QED) is 0.892. The van der Waals surface area contributed by atoms with Crippen molar-refractivity contribution in [3.05, 3.63) is 18.1 Å². The Kier molecular flexibility index (Phi) is 4.98. The van der Waals surface area contributed by atoms with Gasteiger partial charge in [0.2, 0.25) is 0 Å². The number of likely N-dealkylation sites (tertiary alicyclic amines) is 1. The maximum absolute atomic E-state index is 12.6. The summed E-state index contributed by atoms with van der Waals surface area (Å²) in [6.45, 7) is 9.45. The van der Waals surface area contributed by atoms with Gasteiger partial charge in [-0.1, -0.05) is 13.8 Å². The highest BCUT2D eigenvalue weighted by atomic mass is 16.5. The molecule has 3 saturated heterocycles. The molecule has 0 bridgehead atoms. The predicted octanol–water partition coefficient (Wildman–Crippen LogP) is 1.86. The molecule has 2 atom stereocenters. The van der Waals surface area contributed by atoms with E-state index in [1.807, 2.05) is 4.90 Å². The molecule has 7 heteroatoms. The zero-order chi connectivity index (χ0) is 18.1. The van der Waals surface area contributed by atoms with Crippen molar-refractivity contribution < 1.29 is 9.53 Å². The van der Waals surface area contributed by atoms with Crippen LogP contribution in [0, 0.1) is 11.8 Å². The van der Waals surface area contributed by atoms with E-state index < -0.39 is 0 Å². The lowest BCUT2D eigenvalue weighted by atomic mass is 10.0. The average molecular weight is 359 g/mol. The first kappa shape index (κ1) is 17.5. The molecular weight excluding hydrogens is 330 g/mol. The Morgan fingerprint density at radius 3 is 2.50 bits per heavy atom. The third-order valence-electron chi connectivity index (χ3n) is 5.91. The lowest BCUT2D eigenvalue weighted by Crippen LogP contribution is -2.46. The van der Waals surface area contributed by atoms with Gasteiger partial charge in [0.15, 0.2) is 0 Å². The van der Waals surface area contributed by atoms with Crippen LogP contribution in [0.25, 0.3) is 0 Å². The van der Waals surface area contributed by atoms with Crippen LogP contribution in [-0.4, -0.2) is 66.3 Å². The van der Waals surface area contributed by atoms with Crippen LogP contribution in [0.1, 0.15) is 38.3 Å². The maximum atomic E-state index is 12.6. The van der Waals surface area contributed by atoms with Gasteiger partial charge in [-0.25, -0.2) is 14.8 Å². The summed E-state index contributed by atoms with van der Waals surface area (Å²) in [4.78, 5) is 25.8. The zero-order valence-corrected chi connectivity index (χ0v) is 15.7. The number of nitrogens with zero attached hydrogens (tertiary/aromatic N) is 4. The van der Waals surface area contributed by atoms with E-state index in [4.69, 9.17) is 4.74 Å². The summed E-state index contributed by atoms with van der Waals surface area (Å²) in [7, 11) is 0. The Bertz CT molecular complexity index is 633. The summed E-state index contributed by atoms with van der Waals surface area (Å²) < 4.78 is 5.36. The molecule has 3 aliphatic heterocycles. The summed E-state index contributed by atoms with van der Waals surface area (Å²) in [5, 5.41) is 3.19. The Morgan fingerprint density at radius 1 is 1.15 bits per heavy atom. The van der Waals surface area contributed by atoms with E-state index in [0.29, 0.717) is 17.8 Å². The molecule has 0 spiro atoms. The van der Waals surface area contributed by atoms with Crippen molar-refractivity contribution in [1.82, 2.24) is 20.2 Å². The second-order valence-corrected chi connectivity index (χ2v) is 8.12. The van der Waals surface area contributed by atoms with E-state index in [1.54, 1.807) is 6.33 Å². The molecule has 4 heterocycles. The summed E-state index contributed by atoms with van der Waals surface area (Å²) >= 11 is 0. The first-order valence-corrected chi connectivity index (χ1v) is 9.80. The van der Waals surface area contributed by atoms with Crippen molar-refractivity contribution >= 4 is 11.8 Å². The number of hydrogen-bond acceptors (Lipinski definition) is 5. The van der Waals surface area contributed by atoms with Crippen molar-refractivity contribution in [3.63, 3.8) is 0 Å². The smallest absolute Gasteiger partial charge is 0.317 e. The van der Waals surface area contributed by atoms with E-state index in [1.165, 1.54) is 0 Å². The minimum atomic E-state index is 0.0991. The number of amides is 2. The average Bonchev–Trinajstić information content (AvgIpc) is 3.22. The largest absolute Gasteiger partial charge is 0.381 e. The summed E-state index contributed by atoms with van der Waals surface area (Å²) in [5.41, 5.74) is 1.09. The highest BCUT2D eigenvalue weighted by Gasteiger charge is 2.42. The molecule has 0 saturated carbocycles. The molecule has 3 aliphatic rings. The van der Waals surface area contributed by atoms with Crippen LogP contribution in [0.4, 0.5) is 10.6 Å². The molecule has 2 unspecified atom stereocenters. The molecule has 2 amide bonds. The van der Waals surface area contributed by atoms with Gasteiger partial charge < -0.3 is 19.9 Å². The Morgan fingerprint density at radius 2 is 1.85 bits per heavy atom. The molecular formula is C19H29N5O2. The SMILES string of the molecule is CC(C)c1cc(N2CC3CN(C(=O)NC4CCOCC4)CC3C2)ncn1. The molecule has 1 aromatic heterocycles. The van der Waals surface area contributed by atoms with Crippen LogP contribution in [0.2, 0.25) is 0 Å². The zero-order valence-electron chi connectivity index (χ0n) is 15.7. The number of fused-ring (bicyclic) bond motifs is 1. The van der Waals surface area contributed by atoms with Gasteiger partial charge in [0.1, 0.15) is 12.1 Å². The van der Waals surface area contributed by atoms with Crippen LogP contribution in [-0.2, 0) is 4.74 Å². The monoisotopic (exact) mass is 359 g/mol. The van der Waals surface area contributed by atoms with Gasteiger partial charge in [-0.3, -0.25) is 0 Å². The van der Waals surface area contributed by atoms with E-state index in [0.717, 1.165) is 63.7 Å². The Labute approximate surface area is 155 Å². The van der Waals surface area contributed by atoms with Gasteiger partial charge >= 0.3 is 6.03 Å². The fourth-order valence-corrected chi connectivity index (χ4v) is 4.30. The molecule has 0 aromatic carbocycles. The second-order valence-electron chi connectivity index (χ2n) is 8.12. The number of anilines is 1. The number of aromatic nitrogens is 2. The standard InChI is InChI=1S/C19H29N5O2/c1-13(2)17-7-18(21-12-20-17)23-8-14-10-24(11-15(14)9-23)19(25)22-16-3-5-26-6-4-16/h7,12-16H,3-6,8-11H2,1-2H3,(H,22,25). The number of urea groups is 1. The Balaban J connectivity index is 1.32. The molecule has 26 heavy (non-hydrogen) atoms. The molecule has 3 fully saturated rings. The number of carbonyl (C=O) groups is 1. The summed E-state index contributed by atoms with van der Waals surface area (Å²) in [5.74, 6) is 2.50. The van der Waals surface area contributed by atoms with Crippen LogP contribution in [0.3, 0.4) is 0 Å². The molecule has 1 aromatic rings. The topological polar surface area (TPSA) is 70.6 Å². The first-order chi connectivity index (χ1) is 12.6. The predicted molar refractivity (Wildman–Crippen MR) is 99.3 cm³/mol. The fourth-order valence-electron chi connectivity index (χ4n) is 4.30. The van der Waals surface area contributed by atoms with Gasteiger partial charge in [-0.15, -0.1) is 0 Å². The number of rotatable bonds is 3. The van der Waals surface area contributed by atoms with Crippen LogP contribution in [0.15, 0.2) is 12.4 Å². The minimum Gasteiger partial charge on any atom is -0.381 e. The molecule has 1 N–H and O–H groups in total. The van der Waals surface area contributed by atoms with Gasteiger partial charge in [0.25, 0.3) is 0 Å². The lowest BCUT2D eigenvalue weighted by molar-refractivity contribution is 0.0784. The van der Waals surface area contributed by atoms with Gasteiger partial charge in [-0.05, 0) is 18.8 Å². The molecule has 142 valence electrons. The van der Waals surface area contributed by atoms with Gasteiger partial charge in [0, 0.05) is 69.0 Å². The molecule has 0 radical (unpaired) electrons. The van der Waals surface area contributed by atoms with Gasteiger partial charge in [-0.2, -0.15) is 0 Å². The van der Waals surface area contributed by atoms with Gasteiger partial charge in [0.05, 0.1) is 0 Å². The summed E-state index contributed by atoms with van der Waals surface area (Å²) in [6.07, 6.45) is 3.52. The molecule has 0 aliphatic carbocycles. The van der Waals surface area contributed by atoms with Crippen molar-refractivity contribution in [2.45, 2.75) is 38.6 Å². The van der Waals surface area contributed by atoms with E-state index in [9.17, 15) is 4.79 Å². The third kappa shape index (κ3) is 3.63. The van der Waals surface area contributed by atoms with Crippen molar-refractivity contribution in [3.8, 4) is 0 Å². The third-order valence-corrected chi connectivity index (χ3v) is 5.91. The number of ether oxygens (including phenoxy) is 1. The maximum Gasteiger partial charge on any atom is 0.317 e. The van der Waals surface area contributed by atoms with E-state index in [2.05, 4.69) is 40.1 Å². The van der Waals surface area contributed by atoms with Crippen molar-refractivity contribution in [2.75, 3.05) is 44.3 Å². The van der Waals surface area contributed by atoms with Crippen LogP contribution in [0.5, 0.6) is 0 Å². The lowest BCUT2D eigenvalue weighted by Gasteiger charge is -2.27. The van der Waals surface area contributed by atoms with Crippen LogP contribution >= 0.6 is 0 Å². The fraction of sp³-hybridized carbons (Fsp3) is 0.737. The number of hydrogen-bond donors (Lipinski definition) is 1. The number of nitrogens with one attached hydrogen (secondary N) is 1. The number of carbonyl (C=O) groups excluding carboxylic acids is 1. The molecule has 7 nitrogen and oxygen atoms in total. The highest BCUT2D eigenvalue weighted by molar-refractivity contribution is 5.75. The molecule has 4 rings (SSSR count). The van der Waals surface area contributed by atoms with E-state index >= 15 is 0 Å². The minimum absolute atomic E-state index is 0.0991. The van der Waals surface area contributed by atoms with Crippen molar-refractivity contribution in [2.24, 2.45) is 11.8 Å². The first-order valence-electron chi connectivity index (χ1n) is 9.80. The second kappa shape index (κ2) is 7.39. The Hall–Kier alpha value is -1.89. The van der Waals surface area contributed by atoms with Crippen molar-refractivity contribution in [1.29, 1.82) is 0 Å².